The normalized spacial score (nSPS) is 10.3. The Labute approximate surface area is 113 Å². The molecule has 0 spiro atoms. The Kier molecular flexibility index (Phi) is 3.68. The Morgan fingerprint density at radius 2 is 2.28 bits per heavy atom. The summed E-state index contributed by atoms with van der Waals surface area (Å²) in [7, 11) is 0. The lowest BCUT2D eigenvalue weighted by Gasteiger charge is -2.14. The number of nitrogens with zero attached hydrogens (tertiary/aromatic N) is 2. The van der Waals surface area contributed by atoms with E-state index >= 15 is 0 Å². The number of carbonyl (C=O) groups is 1. The average Bonchev–Trinajstić information content (AvgIpc) is 2.77. The molecule has 92 valence electrons. The quantitative estimate of drug-likeness (QED) is 0.818. The van der Waals surface area contributed by atoms with E-state index in [4.69, 9.17) is 9.68 Å². The van der Waals surface area contributed by atoms with Crippen molar-refractivity contribution in [1.29, 1.82) is 5.26 Å². The Bertz CT molecular complexity index is 627. The van der Waals surface area contributed by atoms with Gasteiger partial charge in [0.2, 0.25) is 0 Å². The minimum Gasteiger partial charge on any atom is -0.451 e. The molecular weight excluding hydrogens is 296 g/mol. The molecule has 0 N–H and O–H groups in total. The minimum atomic E-state index is -0.258. The van der Waals surface area contributed by atoms with Crippen molar-refractivity contribution in [3.05, 3.63) is 34.5 Å². The largest absolute Gasteiger partial charge is 0.451 e. The van der Waals surface area contributed by atoms with Crippen LogP contribution < -0.4 is 0 Å². The molecule has 0 bridgehead atoms. The zero-order valence-electron chi connectivity index (χ0n) is 9.81. The van der Waals surface area contributed by atoms with E-state index < -0.39 is 0 Å². The van der Waals surface area contributed by atoms with Gasteiger partial charge in [-0.2, -0.15) is 5.26 Å². The second-order valence-corrected chi connectivity index (χ2v) is 4.69. The maximum absolute atomic E-state index is 12.1. The van der Waals surface area contributed by atoms with Crippen LogP contribution in [-0.2, 0) is 0 Å². The zero-order chi connectivity index (χ0) is 13.1. The molecule has 1 aromatic heterocycles. The molecule has 2 aromatic rings. The van der Waals surface area contributed by atoms with Crippen LogP contribution in [-0.4, -0.2) is 23.9 Å². The summed E-state index contributed by atoms with van der Waals surface area (Å²) in [6.45, 7) is 2.37. The first kappa shape index (κ1) is 12.7. The summed E-state index contributed by atoms with van der Waals surface area (Å²) < 4.78 is 6.42. The van der Waals surface area contributed by atoms with Crippen molar-refractivity contribution in [2.75, 3.05) is 13.1 Å². The molecule has 0 unspecified atom stereocenters. The summed E-state index contributed by atoms with van der Waals surface area (Å²) in [6.07, 6.45) is 0. The number of nitriles is 1. The lowest BCUT2D eigenvalue weighted by Crippen LogP contribution is -2.30. The van der Waals surface area contributed by atoms with E-state index in [0.717, 1.165) is 9.86 Å². The standard InChI is InChI=1S/C13H11BrN2O2/c1-2-16(6-5-15)13(17)12-8-9-7-10(14)3-4-11(9)18-12/h3-4,7-8H,2,6H2,1H3. The molecule has 5 heteroatoms. The van der Waals surface area contributed by atoms with Gasteiger partial charge in [-0.05, 0) is 31.2 Å². The van der Waals surface area contributed by atoms with Crippen molar-refractivity contribution in [3.63, 3.8) is 0 Å². The van der Waals surface area contributed by atoms with Crippen molar-refractivity contribution < 1.29 is 9.21 Å². The molecule has 4 nitrogen and oxygen atoms in total. The molecule has 0 fully saturated rings. The van der Waals surface area contributed by atoms with Gasteiger partial charge in [-0.15, -0.1) is 0 Å². The SMILES string of the molecule is CCN(CC#N)C(=O)c1cc2cc(Br)ccc2o1. The number of hydrogen-bond donors (Lipinski definition) is 0. The number of halogens is 1. The van der Waals surface area contributed by atoms with Crippen molar-refractivity contribution in [1.82, 2.24) is 4.90 Å². The van der Waals surface area contributed by atoms with Gasteiger partial charge in [0.25, 0.3) is 5.91 Å². The highest BCUT2D eigenvalue weighted by Gasteiger charge is 2.18. The van der Waals surface area contributed by atoms with Crippen molar-refractivity contribution in [2.45, 2.75) is 6.92 Å². The maximum Gasteiger partial charge on any atom is 0.290 e. The number of furan rings is 1. The van der Waals surface area contributed by atoms with Gasteiger partial charge in [0.15, 0.2) is 5.76 Å². The van der Waals surface area contributed by atoms with E-state index in [9.17, 15) is 4.79 Å². The first-order chi connectivity index (χ1) is 8.65. The van der Waals surface area contributed by atoms with Crippen LogP contribution in [0, 0.1) is 11.3 Å². The fourth-order valence-electron chi connectivity index (χ4n) is 1.69. The van der Waals surface area contributed by atoms with Crippen molar-refractivity contribution in [3.8, 4) is 6.07 Å². The maximum atomic E-state index is 12.1. The molecule has 1 heterocycles. The summed E-state index contributed by atoms with van der Waals surface area (Å²) in [4.78, 5) is 13.5. The van der Waals surface area contributed by atoms with E-state index in [0.29, 0.717) is 12.1 Å². The zero-order valence-corrected chi connectivity index (χ0v) is 11.4. The number of hydrogen-bond acceptors (Lipinski definition) is 3. The summed E-state index contributed by atoms with van der Waals surface area (Å²) in [5, 5.41) is 9.52. The van der Waals surface area contributed by atoms with Crippen LogP contribution in [0.15, 0.2) is 33.2 Å². The van der Waals surface area contributed by atoms with Gasteiger partial charge >= 0.3 is 0 Å². The third-order valence-corrected chi connectivity index (χ3v) is 3.11. The smallest absolute Gasteiger partial charge is 0.290 e. The van der Waals surface area contributed by atoms with Crippen LogP contribution in [0.25, 0.3) is 11.0 Å². The molecule has 2 rings (SSSR count). The third-order valence-electron chi connectivity index (χ3n) is 2.62. The number of amides is 1. The van der Waals surface area contributed by atoms with Gasteiger partial charge in [0.1, 0.15) is 12.1 Å². The van der Waals surface area contributed by atoms with Crippen LogP contribution >= 0.6 is 15.9 Å². The second kappa shape index (κ2) is 5.23. The van der Waals surface area contributed by atoms with Gasteiger partial charge in [-0.25, -0.2) is 0 Å². The van der Waals surface area contributed by atoms with Gasteiger partial charge in [0.05, 0.1) is 6.07 Å². The summed E-state index contributed by atoms with van der Waals surface area (Å²) in [5.41, 5.74) is 0.662. The van der Waals surface area contributed by atoms with Crippen LogP contribution in [0.5, 0.6) is 0 Å². The van der Waals surface area contributed by atoms with Gasteiger partial charge in [-0.1, -0.05) is 15.9 Å². The van der Waals surface area contributed by atoms with Crippen molar-refractivity contribution >= 4 is 32.8 Å². The predicted molar refractivity (Wildman–Crippen MR) is 71.1 cm³/mol. The average molecular weight is 307 g/mol. The lowest BCUT2D eigenvalue weighted by molar-refractivity contribution is 0.0755. The molecule has 18 heavy (non-hydrogen) atoms. The van der Waals surface area contributed by atoms with Crippen LogP contribution in [0.3, 0.4) is 0 Å². The van der Waals surface area contributed by atoms with E-state index in [1.165, 1.54) is 4.90 Å². The first-order valence-corrected chi connectivity index (χ1v) is 6.30. The molecule has 0 aliphatic heterocycles. The monoisotopic (exact) mass is 306 g/mol. The lowest BCUT2D eigenvalue weighted by atomic mass is 10.2. The highest BCUT2D eigenvalue weighted by molar-refractivity contribution is 9.10. The Hall–Kier alpha value is -1.80. The Morgan fingerprint density at radius 1 is 1.50 bits per heavy atom. The molecule has 0 aliphatic rings. The molecule has 0 aliphatic carbocycles. The van der Waals surface area contributed by atoms with Gasteiger partial charge in [-0.3, -0.25) is 4.79 Å². The Balaban J connectivity index is 2.36. The summed E-state index contributed by atoms with van der Waals surface area (Å²) in [5.74, 6) is 0.00609. The van der Waals surface area contributed by atoms with Crippen LogP contribution in [0.1, 0.15) is 17.5 Å². The van der Waals surface area contributed by atoms with E-state index in [-0.39, 0.29) is 18.2 Å². The molecule has 1 amide bonds. The number of fused-ring (bicyclic) bond motifs is 1. The van der Waals surface area contributed by atoms with Gasteiger partial charge < -0.3 is 9.32 Å². The molecule has 0 atom stereocenters. The fraction of sp³-hybridized carbons (Fsp3) is 0.231. The van der Waals surface area contributed by atoms with E-state index in [1.807, 2.05) is 25.1 Å². The van der Waals surface area contributed by atoms with Crippen molar-refractivity contribution in [2.24, 2.45) is 0 Å². The summed E-state index contributed by atoms with van der Waals surface area (Å²) in [6, 6.07) is 9.21. The molecule has 0 saturated carbocycles. The van der Waals surface area contributed by atoms with Crippen LogP contribution in [0.2, 0.25) is 0 Å². The molecular formula is C13H11BrN2O2. The second-order valence-electron chi connectivity index (χ2n) is 3.77. The first-order valence-electron chi connectivity index (χ1n) is 5.51. The minimum absolute atomic E-state index is 0.0655. The van der Waals surface area contributed by atoms with E-state index in [1.54, 1.807) is 12.1 Å². The highest BCUT2D eigenvalue weighted by atomic mass is 79.9. The number of benzene rings is 1. The molecule has 1 aromatic carbocycles. The number of carbonyl (C=O) groups excluding carboxylic acids is 1. The van der Waals surface area contributed by atoms with Gasteiger partial charge in [0, 0.05) is 16.4 Å². The Morgan fingerprint density at radius 3 is 2.94 bits per heavy atom. The molecule has 0 radical (unpaired) electrons. The van der Waals surface area contributed by atoms with Crippen LogP contribution in [0.4, 0.5) is 0 Å². The highest BCUT2D eigenvalue weighted by Crippen LogP contribution is 2.24. The topological polar surface area (TPSA) is 57.2 Å². The predicted octanol–water partition coefficient (Wildman–Crippen LogP) is 3.18. The molecule has 0 saturated heterocycles. The fourth-order valence-corrected chi connectivity index (χ4v) is 2.07. The number of rotatable bonds is 3. The third kappa shape index (κ3) is 2.39. The summed E-state index contributed by atoms with van der Waals surface area (Å²) >= 11 is 3.37. The van der Waals surface area contributed by atoms with E-state index in [2.05, 4.69) is 15.9 Å².